The summed E-state index contributed by atoms with van der Waals surface area (Å²) in [6.07, 6.45) is 1.21. The van der Waals surface area contributed by atoms with E-state index in [4.69, 9.17) is 9.47 Å². The first-order valence-electron chi connectivity index (χ1n) is 5.79. The molecule has 0 fully saturated rings. The summed E-state index contributed by atoms with van der Waals surface area (Å²) in [5.41, 5.74) is 0.994. The molecule has 0 saturated heterocycles. The molecule has 0 heterocycles. The predicted octanol–water partition coefficient (Wildman–Crippen LogP) is 2.45. The van der Waals surface area contributed by atoms with Gasteiger partial charge in [-0.1, -0.05) is 6.07 Å². The molecule has 0 spiro atoms. The molecular weight excluding hydrogens is 218 g/mol. The van der Waals surface area contributed by atoms with Gasteiger partial charge in [0.1, 0.15) is 5.75 Å². The van der Waals surface area contributed by atoms with Crippen LogP contribution in [-0.4, -0.2) is 26.2 Å². The molecule has 1 aromatic carbocycles. The van der Waals surface area contributed by atoms with Crippen molar-refractivity contribution in [3.63, 3.8) is 0 Å². The standard InChI is InChI=1S/C13H19NO3/c1-3-17-13(15)8-5-9-14-11-6-4-7-12(10-11)16-2/h4,6-7,10,14H,3,5,8-9H2,1-2H3. The molecule has 0 saturated carbocycles. The van der Waals surface area contributed by atoms with Crippen LogP contribution in [0.3, 0.4) is 0 Å². The first kappa shape index (κ1) is 13.4. The number of carbonyl (C=O) groups excluding carboxylic acids is 1. The van der Waals surface area contributed by atoms with Crippen molar-refractivity contribution in [2.75, 3.05) is 25.6 Å². The molecule has 0 radical (unpaired) electrons. The minimum Gasteiger partial charge on any atom is -0.497 e. The Kier molecular flexibility index (Phi) is 5.93. The van der Waals surface area contributed by atoms with Crippen LogP contribution in [0.5, 0.6) is 5.75 Å². The molecule has 0 unspecified atom stereocenters. The summed E-state index contributed by atoms with van der Waals surface area (Å²) in [7, 11) is 1.64. The van der Waals surface area contributed by atoms with Gasteiger partial charge in [0, 0.05) is 24.7 Å². The Morgan fingerprint density at radius 3 is 2.94 bits per heavy atom. The zero-order chi connectivity index (χ0) is 12.5. The lowest BCUT2D eigenvalue weighted by molar-refractivity contribution is -0.143. The second kappa shape index (κ2) is 7.54. The fourth-order valence-electron chi connectivity index (χ4n) is 1.43. The van der Waals surface area contributed by atoms with Crippen LogP contribution in [-0.2, 0) is 9.53 Å². The van der Waals surface area contributed by atoms with Crippen molar-refractivity contribution < 1.29 is 14.3 Å². The highest BCUT2D eigenvalue weighted by atomic mass is 16.5. The lowest BCUT2D eigenvalue weighted by atomic mass is 10.2. The maximum absolute atomic E-state index is 11.1. The van der Waals surface area contributed by atoms with Gasteiger partial charge in [-0.15, -0.1) is 0 Å². The van der Waals surface area contributed by atoms with Crippen LogP contribution in [0.1, 0.15) is 19.8 Å². The summed E-state index contributed by atoms with van der Waals surface area (Å²) in [5, 5.41) is 3.23. The number of carbonyl (C=O) groups is 1. The van der Waals surface area contributed by atoms with Gasteiger partial charge in [-0.2, -0.15) is 0 Å². The molecule has 4 heteroatoms. The minimum atomic E-state index is -0.139. The van der Waals surface area contributed by atoms with E-state index in [-0.39, 0.29) is 5.97 Å². The van der Waals surface area contributed by atoms with Gasteiger partial charge in [0.25, 0.3) is 0 Å². The Labute approximate surface area is 102 Å². The molecule has 1 N–H and O–H groups in total. The molecule has 0 atom stereocenters. The van der Waals surface area contributed by atoms with E-state index in [9.17, 15) is 4.79 Å². The molecule has 0 aliphatic carbocycles. The van der Waals surface area contributed by atoms with Crippen LogP contribution in [0.4, 0.5) is 5.69 Å². The Balaban J connectivity index is 2.24. The van der Waals surface area contributed by atoms with E-state index in [1.165, 1.54) is 0 Å². The third-order valence-electron chi connectivity index (χ3n) is 2.26. The van der Waals surface area contributed by atoms with Gasteiger partial charge in [-0.05, 0) is 25.5 Å². The van der Waals surface area contributed by atoms with Crippen LogP contribution in [0.25, 0.3) is 0 Å². The molecular formula is C13H19NO3. The Morgan fingerprint density at radius 2 is 2.24 bits per heavy atom. The van der Waals surface area contributed by atoms with E-state index in [0.717, 1.165) is 24.4 Å². The molecule has 0 bridgehead atoms. The average molecular weight is 237 g/mol. The maximum Gasteiger partial charge on any atom is 0.305 e. The summed E-state index contributed by atoms with van der Waals surface area (Å²) in [6.45, 7) is 3.00. The SMILES string of the molecule is CCOC(=O)CCCNc1cccc(OC)c1. The second-order valence-electron chi connectivity index (χ2n) is 3.57. The summed E-state index contributed by atoms with van der Waals surface area (Å²) in [5.74, 6) is 0.681. The summed E-state index contributed by atoms with van der Waals surface area (Å²) >= 11 is 0. The highest BCUT2D eigenvalue weighted by Crippen LogP contribution is 2.16. The third kappa shape index (κ3) is 5.24. The third-order valence-corrected chi connectivity index (χ3v) is 2.26. The Morgan fingerprint density at radius 1 is 1.41 bits per heavy atom. The molecule has 0 amide bonds. The first-order valence-corrected chi connectivity index (χ1v) is 5.79. The number of methoxy groups -OCH3 is 1. The van der Waals surface area contributed by atoms with Crippen LogP contribution >= 0.6 is 0 Å². The quantitative estimate of drug-likeness (QED) is 0.584. The van der Waals surface area contributed by atoms with E-state index in [1.54, 1.807) is 7.11 Å². The van der Waals surface area contributed by atoms with Gasteiger partial charge < -0.3 is 14.8 Å². The normalized spacial score (nSPS) is 9.76. The van der Waals surface area contributed by atoms with Gasteiger partial charge in [0.15, 0.2) is 0 Å². The van der Waals surface area contributed by atoms with Crippen molar-refractivity contribution >= 4 is 11.7 Å². The van der Waals surface area contributed by atoms with E-state index < -0.39 is 0 Å². The van der Waals surface area contributed by atoms with Crippen LogP contribution in [0.2, 0.25) is 0 Å². The zero-order valence-electron chi connectivity index (χ0n) is 10.4. The highest BCUT2D eigenvalue weighted by molar-refractivity contribution is 5.69. The smallest absolute Gasteiger partial charge is 0.305 e. The van der Waals surface area contributed by atoms with Crippen molar-refractivity contribution in [3.05, 3.63) is 24.3 Å². The number of benzene rings is 1. The van der Waals surface area contributed by atoms with E-state index >= 15 is 0 Å². The summed E-state index contributed by atoms with van der Waals surface area (Å²) < 4.78 is 9.96. The van der Waals surface area contributed by atoms with Crippen molar-refractivity contribution in [1.82, 2.24) is 0 Å². The number of hydrogen-bond donors (Lipinski definition) is 1. The number of nitrogens with one attached hydrogen (secondary N) is 1. The second-order valence-corrected chi connectivity index (χ2v) is 3.57. The van der Waals surface area contributed by atoms with E-state index in [2.05, 4.69) is 5.32 Å². The summed E-state index contributed by atoms with van der Waals surface area (Å²) in [6, 6.07) is 7.70. The number of rotatable bonds is 7. The maximum atomic E-state index is 11.1. The number of anilines is 1. The molecule has 0 aromatic heterocycles. The molecule has 1 rings (SSSR count). The topological polar surface area (TPSA) is 47.6 Å². The van der Waals surface area contributed by atoms with Gasteiger partial charge in [-0.3, -0.25) is 4.79 Å². The number of esters is 1. The molecule has 1 aromatic rings. The van der Waals surface area contributed by atoms with Gasteiger partial charge in [-0.25, -0.2) is 0 Å². The zero-order valence-corrected chi connectivity index (χ0v) is 10.4. The van der Waals surface area contributed by atoms with Crippen molar-refractivity contribution in [2.24, 2.45) is 0 Å². The number of hydrogen-bond acceptors (Lipinski definition) is 4. The van der Waals surface area contributed by atoms with Crippen molar-refractivity contribution in [1.29, 1.82) is 0 Å². The van der Waals surface area contributed by atoms with Crippen LogP contribution < -0.4 is 10.1 Å². The van der Waals surface area contributed by atoms with Gasteiger partial charge in [0.2, 0.25) is 0 Å². The minimum absolute atomic E-state index is 0.139. The Hall–Kier alpha value is -1.71. The lowest BCUT2D eigenvalue weighted by Gasteiger charge is -2.07. The fraction of sp³-hybridized carbons (Fsp3) is 0.462. The van der Waals surface area contributed by atoms with Gasteiger partial charge >= 0.3 is 5.97 Å². The molecule has 17 heavy (non-hydrogen) atoms. The lowest BCUT2D eigenvalue weighted by Crippen LogP contribution is -2.08. The van der Waals surface area contributed by atoms with Gasteiger partial charge in [0.05, 0.1) is 13.7 Å². The van der Waals surface area contributed by atoms with E-state index in [1.807, 2.05) is 31.2 Å². The summed E-state index contributed by atoms with van der Waals surface area (Å²) in [4.78, 5) is 11.1. The molecule has 4 nitrogen and oxygen atoms in total. The average Bonchev–Trinajstić information content (AvgIpc) is 2.35. The number of ether oxygens (including phenoxy) is 2. The largest absolute Gasteiger partial charge is 0.497 e. The van der Waals surface area contributed by atoms with Crippen LogP contribution in [0, 0.1) is 0 Å². The molecule has 0 aliphatic heterocycles. The molecule has 94 valence electrons. The first-order chi connectivity index (χ1) is 8.26. The highest BCUT2D eigenvalue weighted by Gasteiger charge is 2.00. The fourth-order valence-corrected chi connectivity index (χ4v) is 1.43. The van der Waals surface area contributed by atoms with Crippen LogP contribution in [0.15, 0.2) is 24.3 Å². The predicted molar refractivity (Wildman–Crippen MR) is 67.4 cm³/mol. The Bertz CT molecular complexity index is 352. The monoisotopic (exact) mass is 237 g/mol. The van der Waals surface area contributed by atoms with Crippen molar-refractivity contribution in [3.8, 4) is 5.75 Å². The van der Waals surface area contributed by atoms with E-state index in [0.29, 0.717) is 13.0 Å². The van der Waals surface area contributed by atoms with Crippen molar-refractivity contribution in [2.45, 2.75) is 19.8 Å². The molecule has 0 aliphatic rings.